The van der Waals surface area contributed by atoms with Crippen molar-refractivity contribution in [2.24, 2.45) is 0 Å². The predicted octanol–water partition coefficient (Wildman–Crippen LogP) is 5.08. The van der Waals surface area contributed by atoms with E-state index in [-0.39, 0.29) is 23.4 Å². The molecule has 2 aromatic carbocycles. The zero-order valence-electron chi connectivity index (χ0n) is 18.8. The Morgan fingerprint density at radius 2 is 1.73 bits per heavy atom. The lowest BCUT2D eigenvalue weighted by molar-refractivity contribution is -0.163. The molecular weight excluding hydrogens is 470 g/mol. The molecule has 4 fully saturated rings. The number of para-hydroxylation sites is 2. The second-order valence-corrected chi connectivity index (χ2v) is 13.3. The number of hydrogen-bond donors (Lipinski definition) is 0. The van der Waals surface area contributed by atoms with Gasteiger partial charge >= 0.3 is 0 Å². The van der Waals surface area contributed by atoms with Crippen LogP contribution < -0.4 is 4.90 Å². The van der Waals surface area contributed by atoms with E-state index in [1.165, 1.54) is 29.1 Å². The Labute approximate surface area is 207 Å². The Kier molecular flexibility index (Phi) is 4.56. The Morgan fingerprint density at radius 3 is 2.45 bits per heavy atom. The summed E-state index contributed by atoms with van der Waals surface area (Å²) in [6.45, 7) is 4.03. The second kappa shape index (κ2) is 6.99. The van der Waals surface area contributed by atoms with Gasteiger partial charge in [-0.05, 0) is 37.1 Å². The minimum absolute atomic E-state index is 0.0164. The fourth-order valence-corrected chi connectivity index (χ4v) is 10.2. The van der Waals surface area contributed by atoms with Gasteiger partial charge in [0.1, 0.15) is 9.69 Å². The SMILES string of the molecule is CCCC12CC34SC(=S)SC(C)(C(=O)N3C1N(c1ccccc1)c1ccccc12)N(C)C4=O. The van der Waals surface area contributed by atoms with Crippen molar-refractivity contribution in [3.63, 3.8) is 0 Å². The first-order valence-corrected chi connectivity index (χ1v) is 13.3. The number of benzene rings is 2. The van der Waals surface area contributed by atoms with E-state index in [1.807, 2.05) is 30.0 Å². The number of hydrogen-bond acceptors (Lipinski definition) is 6. The topological polar surface area (TPSA) is 43.9 Å². The predicted molar refractivity (Wildman–Crippen MR) is 139 cm³/mol. The number of piperazine rings is 1. The van der Waals surface area contributed by atoms with Gasteiger partial charge in [0.2, 0.25) is 0 Å². The van der Waals surface area contributed by atoms with E-state index in [9.17, 15) is 9.59 Å². The number of likely N-dealkylation sites (N-methyl/N-ethyl adjacent to an activating group) is 1. The van der Waals surface area contributed by atoms with E-state index in [0.29, 0.717) is 9.95 Å². The van der Waals surface area contributed by atoms with Crippen LogP contribution in [0, 0.1) is 0 Å². The van der Waals surface area contributed by atoms with E-state index in [1.54, 1.807) is 11.9 Å². The van der Waals surface area contributed by atoms with Crippen molar-refractivity contribution in [3.05, 3.63) is 60.2 Å². The highest BCUT2D eigenvalue weighted by Gasteiger charge is 2.76. The highest BCUT2D eigenvalue weighted by molar-refractivity contribution is 8.48. The molecule has 5 nitrogen and oxygen atoms in total. The number of nitrogens with zero attached hydrogens (tertiary/aromatic N) is 3. The molecule has 2 amide bonds. The number of carbonyl (C=O) groups excluding carboxylic acids is 2. The number of anilines is 2. The average molecular weight is 496 g/mol. The van der Waals surface area contributed by atoms with Gasteiger partial charge in [0.05, 0.1) is 0 Å². The summed E-state index contributed by atoms with van der Waals surface area (Å²) in [5, 5.41) is 0. The molecule has 4 unspecified atom stereocenters. The highest BCUT2D eigenvalue weighted by atomic mass is 32.2. The van der Waals surface area contributed by atoms with Gasteiger partial charge in [-0.1, -0.05) is 85.5 Å². The minimum Gasteiger partial charge on any atom is -0.320 e. The normalized spacial score (nSPS) is 34.5. The van der Waals surface area contributed by atoms with Crippen molar-refractivity contribution in [1.29, 1.82) is 0 Å². The number of amides is 2. The molecule has 4 saturated heterocycles. The second-order valence-electron chi connectivity index (χ2n) is 9.44. The minimum atomic E-state index is -1.04. The molecule has 0 saturated carbocycles. The van der Waals surface area contributed by atoms with Crippen molar-refractivity contribution in [2.45, 2.75) is 54.4 Å². The first kappa shape index (κ1) is 21.5. The maximum Gasteiger partial charge on any atom is 0.262 e. The van der Waals surface area contributed by atoms with Crippen LogP contribution in [0.1, 0.15) is 38.7 Å². The molecular formula is C25H25N3O2S3. The molecule has 5 aliphatic rings. The van der Waals surface area contributed by atoms with Crippen LogP contribution in [0.15, 0.2) is 54.6 Å². The third-order valence-electron chi connectivity index (χ3n) is 7.79. The third kappa shape index (κ3) is 2.49. The molecule has 0 aromatic heterocycles. The van der Waals surface area contributed by atoms with Crippen LogP contribution in [0.5, 0.6) is 0 Å². The molecule has 5 aliphatic heterocycles. The number of thiocarbonyl (C=S) groups is 1. The molecule has 170 valence electrons. The van der Waals surface area contributed by atoms with E-state index in [0.717, 1.165) is 24.2 Å². The van der Waals surface area contributed by atoms with Gasteiger partial charge in [0.15, 0.2) is 9.74 Å². The van der Waals surface area contributed by atoms with Gasteiger partial charge in [0, 0.05) is 30.3 Å². The molecule has 5 heterocycles. The molecule has 2 aromatic rings. The number of carbonyl (C=O) groups is 2. The molecule has 7 rings (SSSR count). The Bertz CT molecular complexity index is 1210. The zero-order chi connectivity index (χ0) is 23.2. The van der Waals surface area contributed by atoms with Crippen LogP contribution in [0.3, 0.4) is 0 Å². The molecule has 0 radical (unpaired) electrons. The van der Waals surface area contributed by atoms with Gasteiger partial charge in [-0.2, -0.15) is 0 Å². The maximum absolute atomic E-state index is 14.3. The van der Waals surface area contributed by atoms with Crippen LogP contribution in [0.4, 0.5) is 11.4 Å². The highest BCUT2D eigenvalue weighted by Crippen LogP contribution is 2.67. The summed E-state index contributed by atoms with van der Waals surface area (Å²) in [6, 6.07) is 18.7. The van der Waals surface area contributed by atoms with E-state index >= 15 is 0 Å². The molecule has 4 atom stereocenters. The fraction of sp³-hybridized carbons (Fsp3) is 0.400. The quantitative estimate of drug-likeness (QED) is 0.553. The van der Waals surface area contributed by atoms with E-state index in [2.05, 4.69) is 48.2 Å². The van der Waals surface area contributed by atoms with Gasteiger partial charge < -0.3 is 9.80 Å². The van der Waals surface area contributed by atoms with Crippen molar-refractivity contribution in [1.82, 2.24) is 9.80 Å². The smallest absolute Gasteiger partial charge is 0.262 e. The standard InChI is InChI=1S/C25H25N3O2S3/c1-4-14-24-15-25-21(30)26(3)23(2,32-22(31)33-25)20(29)28(25)19(24)27(16-10-6-5-7-11-16)18-13-9-8-12-17(18)24/h5-13,19H,4,14-15H2,1-3H3. The van der Waals surface area contributed by atoms with Crippen LogP contribution in [0.2, 0.25) is 0 Å². The van der Waals surface area contributed by atoms with Crippen molar-refractivity contribution in [2.75, 3.05) is 11.9 Å². The zero-order valence-corrected chi connectivity index (χ0v) is 21.2. The summed E-state index contributed by atoms with van der Waals surface area (Å²) in [6.07, 6.45) is 2.12. The van der Waals surface area contributed by atoms with Gasteiger partial charge in [-0.25, -0.2) is 0 Å². The summed E-state index contributed by atoms with van der Waals surface area (Å²) >= 11 is 8.48. The van der Waals surface area contributed by atoms with Crippen molar-refractivity contribution in [3.8, 4) is 0 Å². The summed E-state index contributed by atoms with van der Waals surface area (Å²) in [5.74, 6) is -0.0454. The Balaban J connectivity index is 1.67. The molecule has 2 bridgehead atoms. The van der Waals surface area contributed by atoms with Gasteiger partial charge in [0.25, 0.3) is 11.8 Å². The summed E-state index contributed by atoms with van der Waals surface area (Å²) < 4.78 is 0.664. The number of thioether (sulfide) groups is 2. The van der Waals surface area contributed by atoms with E-state index in [4.69, 9.17) is 12.2 Å². The Hall–Kier alpha value is -2.03. The molecule has 33 heavy (non-hydrogen) atoms. The van der Waals surface area contributed by atoms with E-state index < -0.39 is 9.74 Å². The Morgan fingerprint density at radius 1 is 1.03 bits per heavy atom. The van der Waals surface area contributed by atoms with Crippen LogP contribution in [-0.2, 0) is 15.0 Å². The average Bonchev–Trinajstić information content (AvgIpc) is 3.18. The van der Waals surface area contributed by atoms with Crippen LogP contribution in [0.25, 0.3) is 0 Å². The first-order valence-electron chi connectivity index (χ1n) is 11.3. The summed E-state index contributed by atoms with van der Waals surface area (Å²) in [5.41, 5.74) is 3.02. The molecule has 1 spiro atoms. The molecule has 0 aliphatic carbocycles. The lowest BCUT2D eigenvalue weighted by Crippen LogP contribution is -2.72. The lowest BCUT2D eigenvalue weighted by atomic mass is 9.74. The number of fused-ring (bicyclic) bond motifs is 6. The van der Waals surface area contributed by atoms with Crippen LogP contribution in [-0.4, -0.2) is 48.1 Å². The third-order valence-corrected chi connectivity index (χ3v) is 10.8. The van der Waals surface area contributed by atoms with Gasteiger partial charge in [-0.3, -0.25) is 14.5 Å². The van der Waals surface area contributed by atoms with Gasteiger partial charge in [-0.15, -0.1) is 0 Å². The fourth-order valence-electron chi connectivity index (χ4n) is 6.39. The maximum atomic E-state index is 14.3. The summed E-state index contributed by atoms with van der Waals surface area (Å²) in [4.78, 5) is 32.2. The monoisotopic (exact) mass is 495 g/mol. The number of rotatable bonds is 3. The molecule has 0 N–H and O–H groups in total. The van der Waals surface area contributed by atoms with Crippen molar-refractivity contribution >= 4 is 62.5 Å². The van der Waals surface area contributed by atoms with Crippen LogP contribution >= 0.6 is 35.7 Å². The summed E-state index contributed by atoms with van der Waals surface area (Å²) in [7, 11) is 1.75. The first-order chi connectivity index (χ1) is 15.8. The largest absolute Gasteiger partial charge is 0.320 e. The lowest BCUT2D eigenvalue weighted by Gasteiger charge is -2.51. The van der Waals surface area contributed by atoms with Crippen molar-refractivity contribution < 1.29 is 9.59 Å². The molecule has 8 heteroatoms.